The van der Waals surface area contributed by atoms with E-state index in [4.69, 9.17) is 9.47 Å². The summed E-state index contributed by atoms with van der Waals surface area (Å²) < 4.78 is 30.0. The van der Waals surface area contributed by atoms with Gasteiger partial charge in [0.2, 0.25) is 14.3 Å². The number of anilines is 2. The van der Waals surface area contributed by atoms with E-state index in [1.807, 2.05) is 73.8 Å². The van der Waals surface area contributed by atoms with Gasteiger partial charge in [-0.05, 0) is 67.7 Å². The largest absolute Gasteiger partial charge is 0.469 e. The molecule has 2 aliphatic heterocycles. The van der Waals surface area contributed by atoms with Crippen LogP contribution in [0.2, 0.25) is 18.6 Å². The average molecular weight is 781 g/mol. The van der Waals surface area contributed by atoms with Crippen LogP contribution < -0.4 is 10.2 Å². The first-order chi connectivity index (χ1) is 26.9. The van der Waals surface area contributed by atoms with Gasteiger partial charge in [0.05, 0.1) is 43.5 Å². The van der Waals surface area contributed by atoms with Gasteiger partial charge >= 0.3 is 5.97 Å². The summed E-state index contributed by atoms with van der Waals surface area (Å²) in [4.78, 5) is 45.0. The number of nitrogens with one attached hydrogen (secondary N) is 2. The second-order valence-electron chi connectivity index (χ2n) is 15.4. The van der Waals surface area contributed by atoms with E-state index >= 15 is 4.11 Å². The number of amides is 2. The predicted octanol–water partition coefficient (Wildman–Crippen LogP) is 6.62. The van der Waals surface area contributed by atoms with Crippen LogP contribution in [0.1, 0.15) is 60.9 Å². The maximum atomic E-state index is 16.6. The summed E-state index contributed by atoms with van der Waals surface area (Å²) in [5.41, 5.74) is 3.05. The Morgan fingerprint density at radius 1 is 1.09 bits per heavy atom. The minimum Gasteiger partial charge on any atom is -0.469 e. The summed E-state index contributed by atoms with van der Waals surface area (Å²) >= 11 is 0. The molecule has 3 N–H and O–H groups in total. The maximum Gasteiger partial charge on any atom is 0.305 e. The van der Waals surface area contributed by atoms with Crippen LogP contribution in [0, 0.1) is 5.92 Å². The maximum absolute atomic E-state index is 16.6. The van der Waals surface area contributed by atoms with Gasteiger partial charge in [-0.25, -0.2) is 0 Å². The SMILES string of the molecule is COC(=O)CCCCN1C(=O)[C@@]2(O[C@@H](CCn3cc(C(CO)c4ccccc4)nn3)[C@H]([Si](C)(C)F)[C@H]2C)c2cc(NC(=O)Cc3c[nH]c4ccccc34)ccc21. The number of benzene rings is 3. The highest BCUT2D eigenvalue weighted by Crippen LogP contribution is 2.60. The molecule has 1 unspecified atom stereocenters. The van der Waals surface area contributed by atoms with E-state index in [0.29, 0.717) is 55.0 Å². The van der Waals surface area contributed by atoms with Gasteiger partial charge in [-0.15, -0.1) is 5.10 Å². The number of H-pyrrole nitrogens is 1. The number of ether oxygens (including phenoxy) is 2. The zero-order valence-corrected chi connectivity index (χ0v) is 33.2. The number of carbonyl (C=O) groups is 3. The molecule has 2 amide bonds. The number of halogens is 1. The number of aromatic nitrogens is 4. The lowest BCUT2D eigenvalue weighted by Gasteiger charge is -2.31. The number of aromatic amines is 1. The molecule has 2 aliphatic rings. The smallest absolute Gasteiger partial charge is 0.305 e. The van der Waals surface area contributed by atoms with E-state index in [0.717, 1.165) is 22.0 Å². The molecule has 5 aromatic rings. The highest BCUT2D eigenvalue weighted by atomic mass is 28.4. The standard InChI is InChI=1S/C42H49FN6O6Si/c1-27-40(56(3,4)43)37(19-21-48-25-35(46-47-48)32(26-50)28-12-6-5-7-13-28)55-42(27)33-23-30(45-38(51)22-29-24-44-34-15-9-8-14-31(29)34)17-18-36(33)49(41(42)53)20-11-10-16-39(52)54-2/h5-9,12-15,17-18,23-25,27,32,37,40,44,50H,10-11,16,19-22,26H2,1-4H3,(H,45,51)/t27-,32?,37+,40-,42+/m1/s1. The van der Waals surface area contributed by atoms with E-state index in [1.54, 1.807) is 41.0 Å². The molecule has 56 heavy (non-hydrogen) atoms. The van der Waals surface area contributed by atoms with Crippen molar-refractivity contribution in [1.82, 2.24) is 20.0 Å². The van der Waals surface area contributed by atoms with Crippen LogP contribution in [0.5, 0.6) is 0 Å². The first kappa shape index (κ1) is 39.1. The van der Waals surface area contributed by atoms with Crippen LogP contribution in [0.4, 0.5) is 15.5 Å². The summed E-state index contributed by atoms with van der Waals surface area (Å²) in [5.74, 6) is -1.69. The first-order valence-corrected chi connectivity index (χ1v) is 22.2. The number of nitrogens with zero attached hydrogens (tertiary/aromatic N) is 4. The first-order valence-electron chi connectivity index (χ1n) is 19.2. The van der Waals surface area contributed by atoms with Crippen molar-refractivity contribution in [3.8, 4) is 0 Å². The minimum absolute atomic E-state index is 0.135. The Balaban J connectivity index is 1.17. The molecule has 4 heterocycles. The number of carbonyl (C=O) groups excluding carboxylic acids is 3. The summed E-state index contributed by atoms with van der Waals surface area (Å²) in [5, 5.41) is 22.9. The van der Waals surface area contributed by atoms with Crippen LogP contribution in [-0.2, 0) is 42.4 Å². The fourth-order valence-corrected chi connectivity index (χ4v) is 11.4. The monoisotopic (exact) mass is 780 g/mol. The van der Waals surface area contributed by atoms with E-state index < -0.39 is 31.6 Å². The van der Waals surface area contributed by atoms with Crippen molar-refractivity contribution in [2.45, 2.75) is 81.8 Å². The van der Waals surface area contributed by atoms with Gasteiger partial charge in [0.1, 0.15) is 0 Å². The van der Waals surface area contributed by atoms with Gasteiger partial charge in [0, 0.05) is 65.5 Å². The third-order valence-corrected chi connectivity index (χ3v) is 13.9. The van der Waals surface area contributed by atoms with Crippen molar-refractivity contribution in [2.24, 2.45) is 5.92 Å². The molecular weight excluding hydrogens is 732 g/mol. The molecule has 2 aromatic heterocycles. The second-order valence-corrected chi connectivity index (χ2v) is 19.2. The Hall–Kier alpha value is -5.18. The Labute approximate surface area is 326 Å². The summed E-state index contributed by atoms with van der Waals surface area (Å²) in [7, 11) is -2.11. The lowest BCUT2D eigenvalue weighted by molar-refractivity contribution is -0.146. The predicted molar refractivity (Wildman–Crippen MR) is 213 cm³/mol. The third kappa shape index (κ3) is 7.52. The van der Waals surface area contributed by atoms with Crippen LogP contribution in [0.15, 0.2) is 85.2 Å². The third-order valence-electron chi connectivity index (χ3n) is 11.5. The van der Waals surface area contributed by atoms with Crippen molar-refractivity contribution < 1.29 is 33.1 Å². The Kier molecular flexibility index (Phi) is 11.2. The zero-order chi connectivity index (χ0) is 39.6. The topological polar surface area (TPSA) is 152 Å². The molecule has 1 saturated heterocycles. The van der Waals surface area contributed by atoms with Crippen molar-refractivity contribution in [1.29, 1.82) is 0 Å². The molecule has 0 aliphatic carbocycles. The molecule has 3 aromatic carbocycles. The van der Waals surface area contributed by atoms with Crippen molar-refractivity contribution in [3.63, 3.8) is 0 Å². The van der Waals surface area contributed by atoms with E-state index in [2.05, 4.69) is 20.6 Å². The molecule has 12 nitrogen and oxygen atoms in total. The molecule has 1 spiro atoms. The lowest BCUT2D eigenvalue weighted by Crippen LogP contribution is -2.45. The van der Waals surface area contributed by atoms with Gasteiger partial charge < -0.3 is 33.9 Å². The van der Waals surface area contributed by atoms with Gasteiger partial charge in [0.15, 0.2) is 5.60 Å². The quantitative estimate of drug-likeness (QED) is 0.0464. The molecule has 7 rings (SSSR count). The average Bonchev–Trinajstić information content (AvgIpc) is 3.94. The van der Waals surface area contributed by atoms with Gasteiger partial charge in [-0.2, -0.15) is 0 Å². The number of hydrogen-bond donors (Lipinski definition) is 3. The van der Waals surface area contributed by atoms with Crippen molar-refractivity contribution in [3.05, 3.63) is 108 Å². The minimum atomic E-state index is -3.46. The molecule has 0 bridgehead atoms. The number of methoxy groups -OCH3 is 1. The van der Waals surface area contributed by atoms with Gasteiger partial charge in [-0.3, -0.25) is 19.1 Å². The number of aliphatic hydroxyl groups excluding tert-OH is 1. The van der Waals surface area contributed by atoms with Crippen LogP contribution >= 0.6 is 0 Å². The summed E-state index contributed by atoms with van der Waals surface area (Å²) in [6.07, 6.45) is 4.82. The molecule has 294 valence electrons. The van der Waals surface area contributed by atoms with Crippen LogP contribution in [-0.4, -0.2) is 77.6 Å². The van der Waals surface area contributed by atoms with Gasteiger partial charge in [0.25, 0.3) is 5.91 Å². The zero-order valence-electron chi connectivity index (χ0n) is 32.2. The number of rotatable bonds is 15. The number of para-hydroxylation sites is 1. The lowest BCUT2D eigenvalue weighted by atomic mass is 9.82. The Bertz CT molecular complexity index is 2200. The highest BCUT2D eigenvalue weighted by Gasteiger charge is 2.66. The normalized spacial score (nSPS) is 21.1. The highest BCUT2D eigenvalue weighted by molar-refractivity contribution is 6.72. The van der Waals surface area contributed by atoms with Gasteiger partial charge in [-0.1, -0.05) is 60.7 Å². The van der Waals surface area contributed by atoms with Crippen molar-refractivity contribution >= 4 is 48.5 Å². The fraction of sp³-hybridized carbons (Fsp3) is 0.405. The van der Waals surface area contributed by atoms with E-state index in [-0.39, 0.29) is 43.2 Å². The summed E-state index contributed by atoms with van der Waals surface area (Å²) in [6.45, 7) is 5.78. The summed E-state index contributed by atoms with van der Waals surface area (Å²) in [6, 6.07) is 22.8. The Morgan fingerprint density at radius 2 is 1.86 bits per heavy atom. The fourth-order valence-electron chi connectivity index (χ4n) is 8.81. The molecule has 14 heteroatoms. The van der Waals surface area contributed by atoms with Crippen LogP contribution in [0.3, 0.4) is 0 Å². The molecule has 0 radical (unpaired) electrons. The Morgan fingerprint density at radius 3 is 2.61 bits per heavy atom. The number of aliphatic hydroxyl groups is 1. The van der Waals surface area contributed by atoms with E-state index in [1.165, 1.54) is 7.11 Å². The number of aryl methyl sites for hydroxylation is 1. The molecule has 5 atom stereocenters. The molecular formula is C42H49FN6O6Si. The number of unbranched alkanes of at least 4 members (excludes halogenated alkanes) is 1. The molecule has 0 saturated carbocycles. The second kappa shape index (κ2) is 16.1. The molecule has 1 fully saturated rings. The van der Waals surface area contributed by atoms with E-state index in [9.17, 15) is 19.5 Å². The number of esters is 1. The number of fused-ring (bicyclic) bond motifs is 3. The number of hydrogen-bond acceptors (Lipinski definition) is 8. The van der Waals surface area contributed by atoms with Crippen molar-refractivity contribution in [2.75, 3.05) is 30.5 Å². The van der Waals surface area contributed by atoms with Crippen LogP contribution in [0.25, 0.3) is 10.9 Å².